The van der Waals surface area contributed by atoms with E-state index in [0.29, 0.717) is 16.7 Å². The van der Waals surface area contributed by atoms with Crippen LogP contribution in [0.15, 0.2) is 0 Å². The van der Waals surface area contributed by atoms with Gasteiger partial charge in [-0.15, -0.1) is 0 Å². The molecule has 1 heterocycles. The second-order valence-corrected chi connectivity index (χ2v) is 10.3. The van der Waals surface area contributed by atoms with Crippen LogP contribution >= 0.6 is 0 Å². The lowest BCUT2D eigenvalue weighted by Gasteiger charge is -2.47. The lowest BCUT2D eigenvalue weighted by molar-refractivity contribution is -0.142. The van der Waals surface area contributed by atoms with Crippen molar-refractivity contribution < 1.29 is 4.79 Å². The smallest absolute Gasteiger partial charge is 0.227 e. The highest BCUT2D eigenvalue weighted by Gasteiger charge is 2.40. The predicted octanol–water partition coefficient (Wildman–Crippen LogP) is 5.27. The number of carbonyl (C=O) groups excluding carboxylic acids is 1. The molecule has 0 N–H and O–H groups in total. The molecule has 2 heteroatoms. The van der Waals surface area contributed by atoms with Gasteiger partial charge in [0, 0.05) is 18.5 Å². The lowest BCUT2D eigenvalue weighted by Crippen LogP contribution is -2.48. The first-order valence-electron chi connectivity index (χ1n) is 9.30. The van der Waals surface area contributed by atoms with Gasteiger partial charge in [-0.25, -0.2) is 0 Å². The topological polar surface area (TPSA) is 20.3 Å². The molecule has 1 spiro atoms. The van der Waals surface area contributed by atoms with E-state index >= 15 is 0 Å². The molecule has 0 aromatic carbocycles. The molecular weight excluding hydrogens is 270 g/mol. The van der Waals surface area contributed by atoms with Crippen LogP contribution in [0.25, 0.3) is 0 Å². The van der Waals surface area contributed by atoms with Gasteiger partial charge in [0.25, 0.3) is 0 Å². The maximum atomic E-state index is 12.4. The third-order valence-corrected chi connectivity index (χ3v) is 5.82. The van der Waals surface area contributed by atoms with Crippen molar-refractivity contribution in [2.24, 2.45) is 22.2 Å². The minimum atomic E-state index is -0.227. The van der Waals surface area contributed by atoms with Crippen LogP contribution in [0, 0.1) is 22.2 Å². The molecule has 2 nitrogen and oxygen atoms in total. The van der Waals surface area contributed by atoms with Crippen molar-refractivity contribution >= 4 is 5.91 Å². The Morgan fingerprint density at radius 3 is 1.86 bits per heavy atom. The zero-order valence-electron chi connectivity index (χ0n) is 15.8. The first-order chi connectivity index (χ1) is 10.0. The summed E-state index contributed by atoms with van der Waals surface area (Å²) in [6.45, 7) is 15.2. The number of hydrogen-bond donors (Lipinski definition) is 0. The van der Waals surface area contributed by atoms with Gasteiger partial charge < -0.3 is 4.90 Å². The van der Waals surface area contributed by atoms with Crippen molar-refractivity contribution in [3.8, 4) is 0 Å². The van der Waals surface area contributed by atoms with Gasteiger partial charge in [-0.3, -0.25) is 4.79 Å². The Morgan fingerprint density at radius 1 is 0.955 bits per heavy atom. The largest absolute Gasteiger partial charge is 0.342 e. The van der Waals surface area contributed by atoms with Crippen LogP contribution in [-0.4, -0.2) is 23.9 Å². The molecule has 0 atom stereocenters. The summed E-state index contributed by atoms with van der Waals surface area (Å²) < 4.78 is 0. The van der Waals surface area contributed by atoms with Crippen molar-refractivity contribution in [1.82, 2.24) is 4.90 Å². The molecule has 2 aliphatic rings. The Labute approximate surface area is 138 Å². The Kier molecular flexibility index (Phi) is 5.00. The molecule has 2 rings (SSSR count). The van der Waals surface area contributed by atoms with E-state index in [1.807, 2.05) is 20.8 Å². The highest BCUT2D eigenvalue weighted by molar-refractivity contribution is 5.81. The molecule has 1 saturated carbocycles. The van der Waals surface area contributed by atoms with Gasteiger partial charge in [0.1, 0.15) is 0 Å². The van der Waals surface area contributed by atoms with Crippen LogP contribution in [-0.2, 0) is 4.79 Å². The number of likely N-dealkylation sites (tertiary alicyclic amines) is 1. The van der Waals surface area contributed by atoms with Gasteiger partial charge in [0.2, 0.25) is 5.91 Å². The number of piperidine rings is 1. The first kappa shape index (κ1) is 17.8. The van der Waals surface area contributed by atoms with Crippen molar-refractivity contribution in [2.75, 3.05) is 13.1 Å². The van der Waals surface area contributed by atoms with E-state index < -0.39 is 0 Å². The fourth-order valence-electron chi connectivity index (χ4n) is 4.52. The number of hydrogen-bond acceptors (Lipinski definition) is 1. The van der Waals surface area contributed by atoms with Gasteiger partial charge in [-0.05, 0) is 61.7 Å². The minimum absolute atomic E-state index is 0.227. The number of rotatable bonds is 1. The molecule has 22 heavy (non-hydrogen) atoms. The average molecular weight is 308 g/mol. The molecule has 0 aromatic rings. The monoisotopic (exact) mass is 307 g/mol. The SMILES string of the molecule is CC(C)(C)CC1CCC2(CC1)CCN(C(=O)C(C)(C)C)CC2. The van der Waals surface area contributed by atoms with Crippen LogP contribution in [0.3, 0.4) is 0 Å². The molecule has 0 aromatic heterocycles. The van der Waals surface area contributed by atoms with E-state index in [-0.39, 0.29) is 5.41 Å². The van der Waals surface area contributed by atoms with Crippen LogP contribution in [0.4, 0.5) is 0 Å². The second kappa shape index (κ2) is 6.17. The summed E-state index contributed by atoms with van der Waals surface area (Å²) in [6, 6.07) is 0. The van der Waals surface area contributed by atoms with E-state index in [1.165, 1.54) is 44.9 Å². The summed E-state index contributed by atoms with van der Waals surface area (Å²) in [5, 5.41) is 0. The minimum Gasteiger partial charge on any atom is -0.342 e. The van der Waals surface area contributed by atoms with E-state index in [0.717, 1.165) is 19.0 Å². The fraction of sp³-hybridized carbons (Fsp3) is 0.950. The summed E-state index contributed by atoms with van der Waals surface area (Å²) in [5.41, 5.74) is 0.801. The van der Waals surface area contributed by atoms with Gasteiger partial charge in [-0.2, -0.15) is 0 Å². The highest BCUT2D eigenvalue weighted by atomic mass is 16.2. The molecular formula is C20H37NO. The quantitative estimate of drug-likeness (QED) is 0.646. The van der Waals surface area contributed by atoms with Crippen LogP contribution in [0.5, 0.6) is 0 Å². The Morgan fingerprint density at radius 2 is 1.45 bits per heavy atom. The van der Waals surface area contributed by atoms with Crippen molar-refractivity contribution in [3.05, 3.63) is 0 Å². The molecule has 1 aliphatic carbocycles. The van der Waals surface area contributed by atoms with Gasteiger partial charge in [-0.1, -0.05) is 41.5 Å². The average Bonchev–Trinajstić information content (AvgIpc) is 2.39. The maximum absolute atomic E-state index is 12.4. The Balaban J connectivity index is 1.84. The summed E-state index contributed by atoms with van der Waals surface area (Å²) in [4.78, 5) is 14.5. The van der Waals surface area contributed by atoms with Gasteiger partial charge in [0.05, 0.1) is 0 Å². The maximum Gasteiger partial charge on any atom is 0.227 e. The normalized spacial score (nSPS) is 23.8. The van der Waals surface area contributed by atoms with Crippen molar-refractivity contribution in [1.29, 1.82) is 0 Å². The van der Waals surface area contributed by atoms with Gasteiger partial charge in [0.15, 0.2) is 0 Å². The molecule has 0 bridgehead atoms. The predicted molar refractivity (Wildman–Crippen MR) is 93.7 cm³/mol. The van der Waals surface area contributed by atoms with E-state index in [1.54, 1.807) is 0 Å². The van der Waals surface area contributed by atoms with Crippen LogP contribution < -0.4 is 0 Å². The molecule has 1 aliphatic heterocycles. The standard InChI is InChI=1S/C20H37NO/c1-18(2,3)15-16-7-9-20(10-8-16)11-13-21(14-12-20)17(22)19(4,5)6/h16H,7-15H2,1-6H3. The molecule has 1 saturated heterocycles. The second-order valence-electron chi connectivity index (χ2n) is 10.3. The van der Waals surface area contributed by atoms with Crippen LogP contribution in [0.2, 0.25) is 0 Å². The molecule has 1 amide bonds. The fourth-order valence-corrected chi connectivity index (χ4v) is 4.52. The van der Waals surface area contributed by atoms with E-state index in [9.17, 15) is 4.79 Å². The summed E-state index contributed by atoms with van der Waals surface area (Å²) in [5.74, 6) is 1.27. The molecule has 128 valence electrons. The van der Waals surface area contributed by atoms with Crippen LogP contribution in [0.1, 0.15) is 86.5 Å². The first-order valence-corrected chi connectivity index (χ1v) is 9.30. The summed E-state index contributed by atoms with van der Waals surface area (Å²) in [6.07, 6.45) is 9.44. The third-order valence-electron chi connectivity index (χ3n) is 5.82. The zero-order valence-corrected chi connectivity index (χ0v) is 15.8. The lowest BCUT2D eigenvalue weighted by atomic mass is 9.63. The summed E-state index contributed by atoms with van der Waals surface area (Å²) >= 11 is 0. The third kappa shape index (κ3) is 4.49. The van der Waals surface area contributed by atoms with Crippen molar-refractivity contribution in [2.45, 2.75) is 86.5 Å². The highest BCUT2D eigenvalue weighted by Crippen LogP contribution is 2.48. The number of amides is 1. The Hall–Kier alpha value is -0.530. The molecule has 0 unspecified atom stereocenters. The number of carbonyl (C=O) groups is 1. The molecule has 2 fully saturated rings. The number of nitrogens with zero attached hydrogens (tertiary/aromatic N) is 1. The van der Waals surface area contributed by atoms with E-state index in [2.05, 4.69) is 25.7 Å². The zero-order chi connectivity index (χ0) is 16.6. The Bertz CT molecular complexity index is 381. The van der Waals surface area contributed by atoms with Crippen molar-refractivity contribution in [3.63, 3.8) is 0 Å². The molecule has 0 radical (unpaired) electrons. The van der Waals surface area contributed by atoms with Gasteiger partial charge >= 0.3 is 0 Å². The van der Waals surface area contributed by atoms with E-state index in [4.69, 9.17) is 0 Å². The summed E-state index contributed by atoms with van der Waals surface area (Å²) in [7, 11) is 0.